The molecule has 55 heavy (non-hydrogen) atoms. The van der Waals surface area contributed by atoms with Crippen LogP contribution in [-0.2, 0) is 36.0 Å². The molecule has 1 unspecified atom stereocenters. The Hall–Kier alpha value is -5.13. The fourth-order valence-electron chi connectivity index (χ4n) is 9.68. The first-order chi connectivity index (χ1) is 25.9. The number of halogens is 2. The highest BCUT2D eigenvalue weighted by Crippen LogP contribution is 2.63. The van der Waals surface area contributed by atoms with Crippen molar-refractivity contribution in [3.05, 3.63) is 91.0 Å². The van der Waals surface area contributed by atoms with Gasteiger partial charge in [0, 0.05) is 65.8 Å². The highest BCUT2D eigenvalue weighted by molar-refractivity contribution is 6.39. The number of amides is 3. The van der Waals surface area contributed by atoms with Crippen molar-refractivity contribution in [3.63, 3.8) is 0 Å². The number of nitrogens with zero attached hydrogens (tertiary/aromatic N) is 3. The molecule has 0 N–H and O–H groups in total. The molecular formula is C42H37Cl2N3O8. The number of hydrogen-bond acceptors (Lipinski definition) is 9. The average Bonchev–Trinajstić information content (AvgIpc) is 3.59. The van der Waals surface area contributed by atoms with Crippen molar-refractivity contribution in [2.24, 2.45) is 0 Å². The molecule has 3 amide bonds. The average molecular weight is 783 g/mol. The smallest absolute Gasteiger partial charge is 0.365 e. The number of anilines is 2. The topological polar surface area (TPSA) is 123 Å². The van der Waals surface area contributed by atoms with E-state index in [-0.39, 0.29) is 51.0 Å². The molecule has 1 saturated heterocycles. The summed E-state index contributed by atoms with van der Waals surface area (Å²) in [5.74, 6) is -2.61. The Kier molecular flexibility index (Phi) is 7.41. The number of hydroxylamine groups is 2. The van der Waals surface area contributed by atoms with E-state index in [0.29, 0.717) is 39.8 Å². The Morgan fingerprint density at radius 1 is 0.855 bits per heavy atom. The summed E-state index contributed by atoms with van der Waals surface area (Å²) < 4.78 is 13.6. The molecule has 0 bridgehead atoms. The quantitative estimate of drug-likeness (QED) is 0.187. The Morgan fingerprint density at radius 3 is 2.20 bits per heavy atom. The summed E-state index contributed by atoms with van der Waals surface area (Å²) in [6.45, 7) is 14.7. The lowest BCUT2D eigenvalue weighted by molar-refractivity contribution is -0.172. The predicted octanol–water partition coefficient (Wildman–Crippen LogP) is 8.28. The van der Waals surface area contributed by atoms with Gasteiger partial charge in [0.05, 0.1) is 43.6 Å². The van der Waals surface area contributed by atoms with E-state index in [4.69, 9.17) is 37.5 Å². The van der Waals surface area contributed by atoms with Crippen LogP contribution in [0.25, 0.3) is 11.1 Å². The maximum absolute atomic E-state index is 14.4. The van der Waals surface area contributed by atoms with Crippen molar-refractivity contribution in [1.29, 1.82) is 0 Å². The summed E-state index contributed by atoms with van der Waals surface area (Å²) in [7, 11) is 0. The molecular weight excluding hydrogens is 745 g/mol. The van der Waals surface area contributed by atoms with Crippen molar-refractivity contribution in [1.82, 2.24) is 5.06 Å². The van der Waals surface area contributed by atoms with Crippen LogP contribution in [0.2, 0.25) is 10.0 Å². The largest absolute Gasteiger partial charge is 0.456 e. The Morgan fingerprint density at radius 2 is 1.51 bits per heavy atom. The molecule has 0 aromatic heterocycles. The van der Waals surface area contributed by atoms with Gasteiger partial charge in [-0.15, -0.1) is 5.06 Å². The number of allylic oxidation sites excluding steroid dienone is 2. The van der Waals surface area contributed by atoms with Crippen LogP contribution in [-0.4, -0.2) is 52.3 Å². The van der Waals surface area contributed by atoms with Gasteiger partial charge < -0.3 is 24.1 Å². The summed E-state index contributed by atoms with van der Waals surface area (Å²) in [4.78, 5) is 75.1. The molecule has 6 aliphatic heterocycles. The second-order valence-corrected chi connectivity index (χ2v) is 17.0. The molecule has 6 heterocycles. The van der Waals surface area contributed by atoms with Crippen molar-refractivity contribution < 1.29 is 38.3 Å². The van der Waals surface area contributed by atoms with Gasteiger partial charge in [0.25, 0.3) is 11.8 Å². The third-order valence-electron chi connectivity index (χ3n) is 11.7. The van der Waals surface area contributed by atoms with Crippen molar-refractivity contribution in [2.75, 3.05) is 16.3 Å². The number of fused-ring (bicyclic) bond motifs is 8. The molecule has 0 aliphatic carbocycles. The minimum Gasteiger partial charge on any atom is -0.456 e. The van der Waals surface area contributed by atoms with E-state index in [1.165, 1.54) is 13.0 Å². The first-order valence-corrected chi connectivity index (χ1v) is 19.0. The molecule has 1 fully saturated rings. The summed E-state index contributed by atoms with van der Waals surface area (Å²) >= 11 is 14.2. The van der Waals surface area contributed by atoms with Crippen LogP contribution in [0, 0.1) is 0 Å². The molecule has 11 nitrogen and oxygen atoms in total. The van der Waals surface area contributed by atoms with Crippen LogP contribution in [0.5, 0.6) is 11.5 Å². The fraction of sp³-hybridized carbons (Fsp3) is 0.357. The molecule has 6 aliphatic rings. The zero-order valence-electron chi connectivity index (χ0n) is 31.4. The highest BCUT2D eigenvalue weighted by atomic mass is 35.5. The second-order valence-electron chi connectivity index (χ2n) is 16.2. The third-order valence-corrected chi connectivity index (χ3v) is 12.4. The number of imide groups is 1. The van der Waals surface area contributed by atoms with Crippen LogP contribution in [0.1, 0.15) is 122 Å². The van der Waals surface area contributed by atoms with Crippen LogP contribution in [0.15, 0.2) is 36.4 Å². The summed E-state index contributed by atoms with van der Waals surface area (Å²) in [5, 5.41) is 0.0689. The minimum atomic E-state index is -1.72. The van der Waals surface area contributed by atoms with E-state index in [1.54, 1.807) is 4.90 Å². The van der Waals surface area contributed by atoms with E-state index in [9.17, 15) is 24.0 Å². The van der Waals surface area contributed by atoms with Gasteiger partial charge in [-0.25, -0.2) is 9.59 Å². The molecule has 1 spiro atoms. The SMILES string of the molecule is CC(=O)N1c2cc3c(cc2C(C)=CC1(C)C)C1(OC(=O)c2c(Cl)c(C(=O)ON4C(=O)CCC4=O)cc(Cl)c21)c1cc2c4c(c1O3)CCCN4C(C)(C)C=C2C. The number of rotatable bonds is 2. The molecule has 3 aromatic carbocycles. The van der Waals surface area contributed by atoms with Gasteiger partial charge in [0.2, 0.25) is 5.91 Å². The zero-order valence-corrected chi connectivity index (χ0v) is 32.9. The van der Waals surface area contributed by atoms with Crippen LogP contribution >= 0.6 is 23.2 Å². The summed E-state index contributed by atoms with van der Waals surface area (Å²) in [5.41, 5.74) is 4.36. The van der Waals surface area contributed by atoms with Gasteiger partial charge >= 0.3 is 11.9 Å². The molecule has 13 heteroatoms. The van der Waals surface area contributed by atoms with Gasteiger partial charge in [0.1, 0.15) is 11.5 Å². The molecule has 3 aromatic rings. The van der Waals surface area contributed by atoms with Gasteiger partial charge in [-0.05, 0) is 83.7 Å². The predicted molar refractivity (Wildman–Crippen MR) is 206 cm³/mol. The van der Waals surface area contributed by atoms with Crippen molar-refractivity contribution in [2.45, 2.75) is 90.8 Å². The third kappa shape index (κ3) is 4.72. The van der Waals surface area contributed by atoms with E-state index in [2.05, 4.69) is 31.7 Å². The zero-order chi connectivity index (χ0) is 39.3. The van der Waals surface area contributed by atoms with Gasteiger partial charge in [-0.3, -0.25) is 14.4 Å². The minimum absolute atomic E-state index is 0.0343. The Labute approximate surface area is 327 Å². The lowest BCUT2D eigenvalue weighted by atomic mass is 9.72. The molecule has 0 saturated carbocycles. The van der Waals surface area contributed by atoms with Crippen molar-refractivity contribution >= 4 is 75.4 Å². The number of carbonyl (C=O) groups excluding carboxylic acids is 5. The molecule has 9 rings (SSSR count). The lowest BCUT2D eigenvalue weighted by Gasteiger charge is -2.48. The number of esters is 1. The standard InChI is InChI=1S/C42H37Cl2N3O8/c1-19-18-41(6,7)46(21(3)48)29-16-30-26(13-23(19)29)42(27-14-24-20(2)17-40(4,5)45-12-8-9-22(36(24)45)37(27)53-30)34-28(43)15-25(35(44)33(34)39(52)54-42)38(51)55-47-31(49)10-11-32(47)50/h13-18H,8-12H2,1-7H3. The Balaban J connectivity index is 1.34. The van der Waals surface area contributed by atoms with E-state index < -0.39 is 34.9 Å². The van der Waals surface area contributed by atoms with E-state index in [1.807, 2.05) is 45.0 Å². The normalized spacial score (nSPS) is 22.2. The molecule has 1 atom stereocenters. The maximum Gasteiger partial charge on any atom is 0.365 e. The van der Waals surface area contributed by atoms with E-state index >= 15 is 0 Å². The van der Waals surface area contributed by atoms with Crippen molar-refractivity contribution in [3.8, 4) is 11.5 Å². The first kappa shape index (κ1) is 35.6. The second kappa shape index (κ2) is 11.5. The van der Waals surface area contributed by atoms with Crippen LogP contribution < -0.4 is 14.5 Å². The number of hydrogen-bond donors (Lipinski definition) is 0. The van der Waals surface area contributed by atoms with Crippen LogP contribution in [0.3, 0.4) is 0 Å². The van der Waals surface area contributed by atoms with Gasteiger partial charge in [-0.2, -0.15) is 0 Å². The highest BCUT2D eigenvalue weighted by Gasteiger charge is 2.58. The molecule has 282 valence electrons. The summed E-state index contributed by atoms with van der Waals surface area (Å²) in [6, 6.07) is 6.99. The Bertz CT molecular complexity index is 2470. The number of benzene rings is 3. The lowest BCUT2D eigenvalue weighted by Crippen LogP contribution is -2.48. The maximum atomic E-state index is 14.4. The van der Waals surface area contributed by atoms with Gasteiger partial charge in [-0.1, -0.05) is 35.4 Å². The van der Waals surface area contributed by atoms with Gasteiger partial charge in [0.15, 0.2) is 5.60 Å². The van der Waals surface area contributed by atoms with E-state index in [0.717, 1.165) is 46.5 Å². The number of carbonyl (C=O) groups is 5. The van der Waals surface area contributed by atoms with Crippen LogP contribution in [0.4, 0.5) is 11.4 Å². The molecule has 0 radical (unpaired) electrons. The monoisotopic (exact) mass is 781 g/mol. The fourth-order valence-corrected chi connectivity index (χ4v) is 10.3. The first-order valence-electron chi connectivity index (χ1n) is 18.3. The summed E-state index contributed by atoms with van der Waals surface area (Å²) in [6.07, 6.45) is 5.58. The number of ether oxygens (including phenoxy) is 2.